The van der Waals surface area contributed by atoms with E-state index in [0.717, 1.165) is 6.92 Å². The topological polar surface area (TPSA) is 138 Å². The molecule has 0 amide bonds. The Morgan fingerprint density at radius 2 is 2.00 bits per heavy atom. The van der Waals surface area contributed by atoms with Crippen LogP contribution in [0.5, 0.6) is 0 Å². The minimum absolute atomic E-state index is 0.278. The second-order valence-corrected chi connectivity index (χ2v) is 2.91. The molecule has 0 aromatic rings. The Labute approximate surface area is 80.1 Å². The predicted molar refractivity (Wildman–Crippen MR) is 42.5 cm³/mol. The maximum Gasteiger partial charge on any atom is 0.448 e. The number of aldehydes is 1. The fourth-order valence-electron chi connectivity index (χ4n) is 0.191. The van der Waals surface area contributed by atoms with Gasteiger partial charge in [-0.3, -0.25) is 9.35 Å². The molecule has 8 nitrogen and oxygen atoms in total. The van der Waals surface area contributed by atoms with Crippen molar-refractivity contribution in [1.82, 2.24) is 0 Å². The summed E-state index contributed by atoms with van der Waals surface area (Å²) in [6, 6.07) is 0. The highest BCUT2D eigenvalue weighted by atomic mass is 32.3. The van der Waals surface area contributed by atoms with Crippen molar-refractivity contribution in [1.29, 1.82) is 0 Å². The number of hydrogen-bond donors (Lipinski definition) is 3. The number of hydrogen-bond acceptors (Lipinski definition) is 7. The van der Waals surface area contributed by atoms with Crippen LogP contribution < -0.4 is 0 Å². The lowest BCUT2D eigenvalue weighted by molar-refractivity contribution is -0.131. The molecule has 0 rings (SSSR count). The van der Waals surface area contributed by atoms with Crippen LogP contribution in [0.2, 0.25) is 0 Å². The van der Waals surface area contributed by atoms with E-state index in [4.69, 9.17) is 14.8 Å². The first-order valence-corrected chi connectivity index (χ1v) is 4.51. The van der Waals surface area contributed by atoms with Crippen LogP contribution in [0.3, 0.4) is 0 Å². The van der Waals surface area contributed by atoms with Crippen LogP contribution in [-0.4, -0.2) is 48.1 Å². The molecule has 14 heavy (non-hydrogen) atoms. The van der Waals surface area contributed by atoms with Crippen molar-refractivity contribution in [2.45, 2.75) is 13.0 Å². The highest BCUT2D eigenvalue weighted by Gasteiger charge is 2.06. The van der Waals surface area contributed by atoms with E-state index in [-0.39, 0.29) is 6.29 Å². The van der Waals surface area contributed by atoms with Crippen LogP contribution in [0.1, 0.15) is 6.92 Å². The maximum absolute atomic E-state index is 9.70. The van der Waals surface area contributed by atoms with Crippen molar-refractivity contribution in [3.8, 4) is 0 Å². The number of rotatable bonds is 3. The summed E-state index contributed by atoms with van der Waals surface area (Å²) < 4.78 is 30.2. The summed E-state index contributed by atoms with van der Waals surface area (Å²) in [4.78, 5) is 19.0. The zero-order valence-electron chi connectivity index (χ0n) is 7.15. The largest absolute Gasteiger partial charge is 0.448 e. The summed E-state index contributed by atoms with van der Waals surface area (Å²) in [7, 11) is -4.57. The van der Waals surface area contributed by atoms with Crippen LogP contribution >= 0.6 is 0 Å². The molecule has 0 fully saturated rings. The van der Waals surface area contributed by atoms with Crippen LogP contribution in [0, 0.1) is 0 Å². The molecule has 0 aromatic carbocycles. The molecule has 0 aromatic heterocycles. The van der Waals surface area contributed by atoms with Gasteiger partial charge in [0.05, 0.1) is 6.61 Å². The fraction of sp³-hybridized carbons (Fsp3) is 0.600. The summed E-state index contributed by atoms with van der Waals surface area (Å²) >= 11 is 0. The Morgan fingerprint density at radius 1 is 1.57 bits per heavy atom. The van der Waals surface area contributed by atoms with Crippen molar-refractivity contribution in [2.24, 2.45) is 0 Å². The van der Waals surface area contributed by atoms with Crippen molar-refractivity contribution < 1.29 is 37.0 Å². The van der Waals surface area contributed by atoms with Crippen molar-refractivity contribution in [2.75, 3.05) is 6.61 Å². The highest BCUT2D eigenvalue weighted by molar-refractivity contribution is 7.81. The summed E-state index contributed by atoms with van der Waals surface area (Å²) in [5.41, 5.74) is 0. The molecule has 1 unspecified atom stereocenters. The van der Waals surface area contributed by atoms with Crippen LogP contribution in [0.4, 0.5) is 0 Å². The molecular weight excluding hydrogens is 220 g/mol. The van der Waals surface area contributed by atoms with Crippen LogP contribution in [-0.2, 0) is 24.2 Å². The third-order valence-electron chi connectivity index (χ3n) is 0.567. The second-order valence-electron chi connectivity index (χ2n) is 1.89. The minimum atomic E-state index is -4.57. The molecule has 9 heteroatoms. The Kier molecular flexibility index (Phi) is 8.14. The zero-order chi connectivity index (χ0) is 11.8. The molecule has 0 spiro atoms. The number of aliphatic hydroxyl groups excluding tert-OH is 2. The summed E-state index contributed by atoms with van der Waals surface area (Å²) in [6.07, 6.45) is -0.912. The van der Waals surface area contributed by atoms with Gasteiger partial charge in [0.2, 0.25) is 0 Å². The van der Waals surface area contributed by atoms with Gasteiger partial charge in [-0.05, 0) is 0 Å². The van der Waals surface area contributed by atoms with Gasteiger partial charge in [-0.2, -0.15) is 8.42 Å². The van der Waals surface area contributed by atoms with E-state index in [0.29, 0.717) is 0 Å². The lowest BCUT2D eigenvalue weighted by Gasteiger charge is -1.90. The SMILES string of the molecule is CC(=O)OS(=O)(=O)O.O=CC(O)CO. The van der Waals surface area contributed by atoms with Gasteiger partial charge in [0.25, 0.3) is 0 Å². The van der Waals surface area contributed by atoms with Crippen molar-refractivity contribution >= 4 is 22.7 Å². The second kappa shape index (κ2) is 7.38. The highest BCUT2D eigenvalue weighted by Crippen LogP contribution is 1.84. The Hall–Kier alpha value is -1.03. The molecule has 0 saturated carbocycles. The maximum atomic E-state index is 9.70. The van der Waals surface area contributed by atoms with Gasteiger partial charge < -0.3 is 19.2 Å². The molecule has 0 aliphatic carbocycles. The standard InChI is InChI=1S/C3H6O3.C2H4O5S/c4-1-3(6)2-5;1-2(3)7-8(4,5)6/h1,3,5-6H,2H2;1H3,(H,4,5,6). The average molecular weight is 230 g/mol. The van der Waals surface area contributed by atoms with Crippen LogP contribution in [0.15, 0.2) is 0 Å². The van der Waals surface area contributed by atoms with E-state index in [2.05, 4.69) is 4.18 Å². The quantitative estimate of drug-likeness (QED) is 0.370. The monoisotopic (exact) mass is 230 g/mol. The Bertz CT molecular complexity index is 267. The lowest BCUT2D eigenvalue weighted by Crippen LogP contribution is -2.12. The molecular formula is C5H10O8S. The first-order chi connectivity index (χ1) is 6.22. The fourth-order valence-corrected chi connectivity index (χ4v) is 0.488. The van der Waals surface area contributed by atoms with Crippen molar-refractivity contribution in [3.05, 3.63) is 0 Å². The number of aliphatic hydroxyl groups is 2. The lowest BCUT2D eigenvalue weighted by atomic mass is 10.4. The van der Waals surface area contributed by atoms with E-state index < -0.39 is 29.1 Å². The average Bonchev–Trinajstić information content (AvgIpc) is 1.99. The summed E-state index contributed by atoms with van der Waals surface area (Å²) in [6.45, 7) is 0.386. The molecule has 0 radical (unpaired) electrons. The van der Waals surface area contributed by atoms with Crippen molar-refractivity contribution in [3.63, 3.8) is 0 Å². The summed E-state index contributed by atoms with van der Waals surface area (Å²) in [5.74, 6) is -1.06. The Balaban J connectivity index is 0. The van der Waals surface area contributed by atoms with Gasteiger partial charge in [-0.15, -0.1) is 0 Å². The van der Waals surface area contributed by atoms with Crippen LogP contribution in [0.25, 0.3) is 0 Å². The summed E-state index contributed by atoms with van der Waals surface area (Å²) in [5, 5.41) is 15.9. The molecule has 84 valence electrons. The van der Waals surface area contributed by atoms with Gasteiger partial charge in [-0.25, -0.2) is 0 Å². The smallest absolute Gasteiger partial charge is 0.393 e. The minimum Gasteiger partial charge on any atom is -0.393 e. The van der Waals surface area contributed by atoms with Gasteiger partial charge in [-0.1, -0.05) is 0 Å². The number of carbonyl (C=O) groups excluding carboxylic acids is 2. The zero-order valence-corrected chi connectivity index (χ0v) is 7.97. The van der Waals surface area contributed by atoms with Gasteiger partial charge in [0, 0.05) is 6.92 Å². The third kappa shape index (κ3) is 17.2. The van der Waals surface area contributed by atoms with E-state index >= 15 is 0 Å². The molecule has 0 bridgehead atoms. The number of carbonyl (C=O) groups is 2. The first kappa shape index (κ1) is 15.4. The molecule has 0 heterocycles. The molecule has 3 N–H and O–H groups in total. The molecule has 1 atom stereocenters. The van der Waals surface area contributed by atoms with E-state index in [9.17, 15) is 18.0 Å². The Morgan fingerprint density at radius 3 is 2.00 bits per heavy atom. The van der Waals surface area contributed by atoms with E-state index in [1.165, 1.54) is 0 Å². The molecule has 0 saturated heterocycles. The van der Waals surface area contributed by atoms with Gasteiger partial charge in [0.1, 0.15) is 6.10 Å². The van der Waals surface area contributed by atoms with Gasteiger partial charge in [0.15, 0.2) is 6.29 Å². The first-order valence-electron chi connectivity index (χ1n) is 3.14. The van der Waals surface area contributed by atoms with Gasteiger partial charge >= 0.3 is 16.4 Å². The van der Waals surface area contributed by atoms with E-state index in [1.807, 2.05) is 0 Å². The third-order valence-corrected chi connectivity index (χ3v) is 1.01. The normalized spacial score (nSPS) is 12.0. The molecule has 0 aliphatic heterocycles. The molecule has 0 aliphatic rings. The predicted octanol–water partition coefficient (Wildman–Crippen LogP) is -2.11. The van der Waals surface area contributed by atoms with E-state index in [1.54, 1.807) is 0 Å².